The zero-order valence-corrected chi connectivity index (χ0v) is 10.8. The van der Waals surface area contributed by atoms with Gasteiger partial charge >= 0.3 is 12.3 Å². The second-order valence-electron chi connectivity index (χ2n) is 5.30. The second kappa shape index (κ2) is 5.34. The van der Waals surface area contributed by atoms with Gasteiger partial charge in [0, 0.05) is 19.6 Å². The highest BCUT2D eigenvalue weighted by molar-refractivity contribution is 5.68. The molecule has 0 aromatic carbocycles. The van der Waals surface area contributed by atoms with Crippen LogP contribution in [0.15, 0.2) is 0 Å². The molecule has 1 unspecified atom stereocenters. The smallest absolute Gasteiger partial charge is 0.410 e. The first-order chi connectivity index (χ1) is 8.09. The van der Waals surface area contributed by atoms with Gasteiger partial charge in [-0.3, -0.25) is 0 Å². The third kappa shape index (κ3) is 4.72. The van der Waals surface area contributed by atoms with E-state index in [1.54, 1.807) is 20.8 Å². The van der Waals surface area contributed by atoms with Gasteiger partial charge in [0.1, 0.15) is 11.6 Å². The molecule has 1 aliphatic heterocycles. The van der Waals surface area contributed by atoms with E-state index in [1.165, 1.54) is 4.90 Å². The molecule has 1 N–H and O–H groups in total. The third-order valence-corrected chi connectivity index (χ3v) is 2.51. The fraction of sp³-hybridized carbons (Fsp3) is 0.909. The molecule has 0 saturated carbocycles. The molecule has 0 aliphatic carbocycles. The third-order valence-electron chi connectivity index (χ3n) is 2.51. The summed E-state index contributed by atoms with van der Waals surface area (Å²) in [6, 6.07) is -1.55. The first-order valence-corrected chi connectivity index (χ1v) is 5.87. The van der Waals surface area contributed by atoms with Gasteiger partial charge < -0.3 is 15.0 Å². The molecule has 1 fully saturated rings. The SMILES string of the molecule is CC(C)(C)OC(=O)N1CCNC(C(F)(F)F)CC1. The molecule has 0 spiro atoms. The Kier molecular flexibility index (Phi) is 4.47. The number of amides is 1. The maximum absolute atomic E-state index is 12.5. The van der Waals surface area contributed by atoms with E-state index >= 15 is 0 Å². The Labute approximate surface area is 104 Å². The molecule has 4 nitrogen and oxygen atoms in total. The summed E-state index contributed by atoms with van der Waals surface area (Å²) in [4.78, 5) is 13.0. The molecule has 1 atom stereocenters. The van der Waals surface area contributed by atoms with Crippen molar-refractivity contribution < 1.29 is 22.7 Å². The van der Waals surface area contributed by atoms with Crippen LogP contribution in [0.25, 0.3) is 0 Å². The molecule has 0 bridgehead atoms. The van der Waals surface area contributed by atoms with Crippen molar-refractivity contribution in [2.45, 2.75) is 45.0 Å². The molecule has 18 heavy (non-hydrogen) atoms. The fourth-order valence-electron chi connectivity index (χ4n) is 1.66. The first kappa shape index (κ1) is 15.1. The Morgan fingerprint density at radius 1 is 1.28 bits per heavy atom. The van der Waals surface area contributed by atoms with Crippen molar-refractivity contribution in [3.63, 3.8) is 0 Å². The van der Waals surface area contributed by atoms with Crippen molar-refractivity contribution in [2.24, 2.45) is 0 Å². The Morgan fingerprint density at radius 3 is 2.39 bits per heavy atom. The van der Waals surface area contributed by atoms with E-state index in [9.17, 15) is 18.0 Å². The summed E-state index contributed by atoms with van der Waals surface area (Å²) in [6.45, 7) is 5.55. The monoisotopic (exact) mass is 268 g/mol. The fourth-order valence-corrected chi connectivity index (χ4v) is 1.66. The predicted molar refractivity (Wildman–Crippen MR) is 60.3 cm³/mol. The molecule has 7 heteroatoms. The van der Waals surface area contributed by atoms with Crippen LogP contribution in [0.3, 0.4) is 0 Å². The molecule has 1 heterocycles. The highest BCUT2D eigenvalue weighted by Crippen LogP contribution is 2.24. The van der Waals surface area contributed by atoms with E-state index in [0.717, 1.165) is 0 Å². The first-order valence-electron chi connectivity index (χ1n) is 5.87. The summed E-state index contributed by atoms with van der Waals surface area (Å²) in [5.41, 5.74) is -0.639. The summed E-state index contributed by atoms with van der Waals surface area (Å²) < 4.78 is 42.7. The van der Waals surface area contributed by atoms with Crippen LogP contribution >= 0.6 is 0 Å². The van der Waals surface area contributed by atoms with Gasteiger partial charge in [0.15, 0.2) is 0 Å². The average molecular weight is 268 g/mol. The van der Waals surface area contributed by atoms with Gasteiger partial charge in [0.25, 0.3) is 0 Å². The molecule has 0 radical (unpaired) electrons. The van der Waals surface area contributed by atoms with Crippen LogP contribution in [0, 0.1) is 0 Å². The standard InChI is InChI=1S/C11H19F3N2O2/c1-10(2,3)18-9(17)16-6-4-8(11(12,13)14)15-5-7-16/h8,15H,4-7H2,1-3H3. The Hall–Kier alpha value is -0.980. The number of carbonyl (C=O) groups excluding carboxylic acids is 1. The van der Waals surface area contributed by atoms with Crippen LogP contribution < -0.4 is 5.32 Å². The predicted octanol–water partition coefficient (Wildman–Crippen LogP) is 2.15. The topological polar surface area (TPSA) is 41.6 Å². The minimum absolute atomic E-state index is 0.0477. The van der Waals surface area contributed by atoms with Crippen LogP contribution in [0.5, 0.6) is 0 Å². The number of hydrogen-bond acceptors (Lipinski definition) is 3. The molecular formula is C11H19F3N2O2. The summed E-state index contributed by atoms with van der Waals surface area (Å²) in [5.74, 6) is 0. The van der Waals surface area contributed by atoms with E-state index < -0.39 is 23.9 Å². The van der Waals surface area contributed by atoms with Gasteiger partial charge in [-0.15, -0.1) is 0 Å². The minimum atomic E-state index is -4.27. The Bertz CT molecular complexity index is 300. The highest BCUT2D eigenvalue weighted by Gasteiger charge is 2.40. The van der Waals surface area contributed by atoms with Crippen molar-refractivity contribution in [1.82, 2.24) is 10.2 Å². The van der Waals surface area contributed by atoms with E-state index in [-0.39, 0.29) is 26.1 Å². The normalized spacial score (nSPS) is 22.6. The van der Waals surface area contributed by atoms with Crippen LogP contribution in [-0.2, 0) is 4.74 Å². The van der Waals surface area contributed by atoms with Crippen molar-refractivity contribution in [2.75, 3.05) is 19.6 Å². The summed E-state index contributed by atoms with van der Waals surface area (Å²) in [5, 5.41) is 2.39. The maximum Gasteiger partial charge on any atom is 0.410 e. The van der Waals surface area contributed by atoms with E-state index in [2.05, 4.69) is 5.32 Å². The lowest BCUT2D eigenvalue weighted by atomic mass is 10.2. The molecule has 1 amide bonds. The molecule has 0 aromatic heterocycles. The molecule has 1 rings (SSSR count). The summed E-state index contributed by atoms with van der Waals surface area (Å²) >= 11 is 0. The molecular weight excluding hydrogens is 249 g/mol. The zero-order valence-electron chi connectivity index (χ0n) is 10.8. The van der Waals surface area contributed by atoms with E-state index in [4.69, 9.17) is 4.74 Å². The van der Waals surface area contributed by atoms with Crippen molar-refractivity contribution >= 4 is 6.09 Å². The van der Waals surface area contributed by atoms with Gasteiger partial charge in [-0.05, 0) is 27.2 Å². The highest BCUT2D eigenvalue weighted by atomic mass is 19.4. The Morgan fingerprint density at radius 2 is 1.89 bits per heavy atom. The quantitative estimate of drug-likeness (QED) is 0.732. The largest absolute Gasteiger partial charge is 0.444 e. The van der Waals surface area contributed by atoms with Gasteiger partial charge in [0.05, 0.1) is 0 Å². The van der Waals surface area contributed by atoms with Crippen molar-refractivity contribution in [3.8, 4) is 0 Å². The number of halogens is 3. The van der Waals surface area contributed by atoms with E-state index in [1.807, 2.05) is 0 Å². The zero-order chi connectivity index (χ0) is 14.0. The molecule has 106 valence electrons. The minimum Gasteiger partial charge on any atom is -0.444 e. The van der Waals surface area contributed by atoms with Crippen molar-refractivity contribution in [1.29, 1.82) is 0 Å². The average Bonchev–Trinajstić information content (AvgIpc) is 2.38. The number of hydrogen-bond donors (Lipinski definition) is 1. The lowest BCUT2D eigenvalue weighted by molar-refractivity contribution is -0.156. The lowest BCUT2D eigenvalue weighted by Gasteiger charge is -2.26. The summed E-state index contributed by atoms with van der Waals surface area (Å²) in [7, 11) is 0. The summed E-state index contributed by atoms with van der Waals surface area (Å²) in [6.07, 6.45) is -4.99. The lowest BCUT2D eigenvalue weighted by Crippen LogP contribution is -2.42. The van der Waals surface area contributed by atoms with Crippen LogP contribution in [0.1, 0.15) is 27.2 Å². The number of carbonyl (C=O) groups is 1. The molecule has 1 saturated heterocycles. The maximum atomic E-state index is 12.5. The number of alkyl halides is 3. The molecule has 0 aromatic rings. The van der Waals surface area contributed by atoms with E-state index in [0.29, 0.717) is 0 Å². The number of nitrogens with one attached hydrogen (secondary N) is 1. The number of rotatable bonds is 0. The van der Waals surface area contributed by atoms with Crippen molar-refractivity contribution in [3.05, 3.63) is 0 Å². The molecule has 1 aliphatic rings. The van der Waals surface area contributed by atoms with Crippen LogP contribution in [-0.4, -0.2) is 48.4 Å². The van der Waals surface area contributed by atoms with Gasteiger partial charge in [-0.2, -0.15) is 13.2 Å². The van der Waals surface area contributed by atoms with Gasteiger partial charge in [-0.1, -0.05) is 0 Å². The van der Waals surface area contributed by atoms with Crippen LogP contribution in [0.2, 0.25) is 0 Å². The van der Waals surface area contributed by atoms with Crippen LogP contribution in [0.4, 0.5) is 18.0 Å². The van der Waals surface area contributed by atoms with Gasteiger partial charge in [-0.25, -0.2) is 4.79 Å². The second-order valence-corrected chi connectivity index (χ2v) is 5.30. The number of nitrogens with zero attached hydrogens (tertiary/aromatic N) is 1. The Balaban J connectivity index is 2.54. The van der Waals surface area contributed by atoms with Gasteiger partial charge in [0.2, 0.25) is 0 Å². The number of ether oxygens (including phenoxy) is 1.